The zero-order valence-electron chi connectivity index (χ0n) is 20.9. The Labute approximate surface area is 222 Å². The molecule has 36 heavy (non-hydrogen) atoms. The third kappa shape index (κ3) is 6.43. The summed E-state index contributed by atoms with van der Waals surface area (Å²) in [5.41, 5.74) is 0.897. The number of aliphatic hydroxyl groups is 1. The minimum atomic E-state index is -1.24. The molecule has 2 heterocycles. The highest BCUT2D eigenvalue weighted by atomic mass is 35.5. The summed E-state index contributed by atoms with van der Waals surface area (Å²) < 4.78 is 26.2. The average molecular weight is 533 g/mol. The SMILES string of the molecule is COc1ccc(SCCN2CCC(CO)(CC[C@H](F)c3c(Cl)cnc4ccc(OC)cc34)CC2)cc1. The Balaban J connectivity index is 1.31. The van der Waals surface area contributed by atoms with E-state index in [9.17, 15) is 5.11 Å². The summed E-state index contributed by atoms with van der Waals surface area (Å²) in [6.07, 6.45) is 2.93. The molecule has 1 aliphatic heterocycles. The Morgan fingerprint density at radius 1 is 1.11 bits per heavy atom. The van der Waals surface area contributed by atoms with Crippen LogP contribution in [0.15, 0.2) is 53.6 Å². The highest BCUT2D eigenvalue weighted by Gasteiger charge is 2.35. The van der Waals surface area contributed by atoms with Crippen molar-refractivity contribution < 1.29 is 19.0 Å². The number of thioether (sulfide) groups is 1. The number of pyridine rings is 1. The van der Waals surface area contributed by atoms with Gasteiger partial charge in [0.15, 0.2) is 0 Å². The second-order valence-electron chi connectivity index (χ2n) is 9.43. The van der Waals surface area contributed by atoms with E-state index in [2.05, 4.69) is 22.0 Å². The fourth-order valence-corrected chi connectivity index (χ4v) is 6.08. The molecule has 194 valence electrons. The van der Waals surface area contributed by atoms with E-state index in [4.69, 9.17) is 21.1 Å². The number of likely N-dealkylation sites (tertiary alicyclic amines) is 1. The van der Waals surface area contributed by atoms with Crippen LogP contribution in [0.3, 0.4) is 0 Å². The molecule has 3 aromatic rings. The topological polar surface area (TPSA) is 54.8 Å². The van der Waals surface area contributed by atoms with Gasteiger partial charge in [-0.25, -0.2) is 4.39 Å². The zero-order chi connectivity index (χ0) is 25.5. The standard InChI is InChI=1S/C28H34ClFN2O3S/c1-34-20-3-6-22(7-4-20)36-16-15-32-13-11-28(19-33,12-14-32)10-9-25(30)27-23-17-21(35-2)5-8-26(23)31-18-24(27)29/h3-8,17-18,25,33H,9-16,19H2,1-2H3/t25-/m0/s1. The Kier molecular flexibility index (Phi) is 9.34. The predicted octanol–water partition coefficient (Wildman–Crippen LogP) is 6.56. The number of aromatic nitrogens is 1. The van der Waals surface area contributed by atoms with Gasteiger partial charge in [0.05, 0.1) is 24.8 Å². The molecular weight excluding hydrogens is 499 g/mol. The quantitative estimate of drug-likeness (QED) is 0.282. The van der Waals surface area contributed by atoms with Crippen molar-refractivity contribution in [3.05, 3.63) is 59.2 Å². The first-order chi connectivity index (χ1) is 17.5. The molecule has 0 unspecified atom stereocenters. The van der Waals surface area contributed by atoms with Gasteiger partial charge < -0.3 is 19.5 Å². The molecule has 0 saturated carbocycles. The van der Waals surface area contributed by atoms with E-state index in [1.54, 1.807) is 20.3 Å². The van der Waals surface area contributed by atoms with E-state index in [1.165, 1.54) is 11.1 Å². The van der Waals surface area contributed by atoms with Gasteiger partial charge in [-0.3, -0.25) is 4.98 Å². The number of piperidine rings is 1. The van der Waals surface area contributed by atoms with Gasteiger partial charge in [0, 0.05) is 40.9 Å². The summed E-state index contributed by atoms with van der Waals surface area (Å²) in [5.74, 6) is 2.51. The minimum Gasteiger partial charge on any atom is -0.497 e. The van der Waals surface area contributed by atoms with Crippen molar-refractivity contribution in [2.45, 2.75) is 36.8 Å². The number of ether oxygens (including phenoxy) is 2. The predicted molar refractivity (Wildman–Crippen MR) is 145 cm³/mol. The van der Waals surface area contributed by atoms with Crippen LogP contribution in [0.25, 0.3) is 10.9 Å². The molecule has 2 aromatic carbocycles. The third-order valence-corrected chi connectivity index (χ3v) is 8.59. The Morgan fingerprint density at radius 3 is 2.47 bits per heavy atom. The molecule has 0 radical (unpaired) electrons. The van der Waals surface area contributed by atoms with Crippen molar-refractivity contribution in [2.24, 2.45) is 5.41 Å². The van der Waals surface area contributed by atoms with Crippen LogP contribution in [-0.2, 0) is 0 Å². The van der Waals surface area contributed by atoms with Crippen molar-refractivity contribution in [2.75, 3.05) is 46.2 Å². The second kappa shape index (κ2) is 12.5. The Bertz CT molecular complexity index is 1140. The lowest BCUT2D eigenvalue weighted by atomic mass is 9.74. The van der Waals surface area contributed by atoms with Crippen molar-refractivity contribution >= 4 is 34.3 Å². The summed E-state index contributed by atoms with van der Waals surface area (Å²) in [5, 5.41) is 11.3. The molecule has 1 N–H and O–H groups in total. The number of hydrogen-bond donors (Lipinski definition) is 1. The van der Waals surface area contributed by atoms with Gasteiger partial charge in [-0.15, -0.1) is 11.8 Å². The van der Waals surface area contributed by atoms with Crippen LogP contribution < -0.4 is 9.47 Å². The van der Waals surface area contributed by atoms with E-state index in [0.29, 0.717) is 40.1 Å². The lowest BCUT2D eigenvalue weighted by molar-refractivity contribution is 0.0323. The number of rotatable bonds is 11. The first-order valence-corrected chi connectivity index (χ1v) is 13.7. The molecule has 0 aliphatic carbocycles. The third-order valence-electron chi connectivity index (χ3n) is 7.30. The largest absolute Gasteiger partial charge is 0.497 e. The maximum atomic E-state index is 15.6. The van der Waals surface area contributed by atoms with Crippen molar-refractivity contribution in [3.63, 3.8) is 0 Å². The summed E-state index contributed by atoms with van der Waals surface area (Å²) in [6.45, 7) is 2.89. The molecule has 1 aliphatic rings. The van der Waals surface area contributed by atoms with E-state index >= 15 is 4.39 Å². The number of methoxy groups -OCH3 is 2. The molecular formula is C28H34ClFN2O3S. The van der Waals surface area contributed by atoms with E-state index < -0.39 is 6.17 Å². The normalized spacial score (nSPS) is 16.7. The molecule has 0 bridgehead atoms. The smallest absolute Gasteiger partial charge is 0.127 e. The van der Waals surface area contributed by atoms with Gasteiger partial charge in [-0.2, -0.15) is 0 Å². The van der Waals surface area contributed by atoms with Crippen LogP contribution >= 0.6 is 23.4 Å². The summed E-state index contributed by atoms with van der Waals surface area (Å²) in [4.78, 5) is 8.00. The number of fused-ring (bicyclic) bond motifs is 1. The number of alkyl halides is 1. The van der Waals surface area contributed by atoms with Crippen LogP contribution in [-0.4, -0.2) is 61.2 Å². The van der Waals surface area contributed by atoms with Gasteiger partial charge in [0.1, 0.15) is 17.7 Å². The molecule has 1 saturated heterocycles. The average Bonchev–Trinajstić information content (AvgIpc) is 2.92. The number of halogens is 2. The number of nitrogens with zero attached hydrogens (tertiary/aromatic N) is 2. The van der Waals surface area contributed by atoms with Gasteiger partial charge in [-0.05, 0) is 86.7 Å². The summed E-state index contributed by atoms with van der Waals surface area (Å²) in [6, 6.07) is 13.5. The lowest BCUT2D eigenvalue weighted by Crippen LogP contribution is -2.42. The molecule has 1 aromatic heterocycles. The van der Waals surface area contributed by atoms with Gasteiger partial charge in [0.25, 0.3) is 0 Å². The van der Waals surface area contributed by atoms with E-state index in [0.717, 1.165) is 44.0 Å². The fourth-order valence-electron chi connectivity index (χ4n) is 4.89. The van der Waals surface area contributed by atoms with Crippen LogP contribution in [0.5, 0.6) is 11.5 Å². The number of hydrogen-bond acceptors (Lipinski definition) is 6. The molecule has 1 fully saturated rings. The molecule has 0 amide bonds. The molecule has 1 atom stereocenters. The van der Waals surface area contributed by atoms with Crippen molar-refractivity contribution in [1.29, 1.82) is 0 Å². The summed E-state index contributed by atoms with van der Waals surface area (Å²) >= 11 is 8.24. The second-order valence-corrected chi connectivity index (χ2v) is 11.0. The van der Waals surface area contributed by atoms with Crippen LogP contribution in [0, 0.1) is 5.41 Å². The van der Waals surface area contributed by atoms with Crippen LogP contribution in [0.1, 0.15) is 37.4 Å². The molecule has 8 heteroatoms. The van der Waals surface area contributed by atoms with Gasteiger partial charge in [-0.1, -0.05) is 11.6 Å². The first kappa shape index (κ1) is 27.0. The van der Waals surface area contributed by atoms with Gasteiger partial charge >= 0.3 is 0 Å². The Hall–Kier alpha value is -2.06. The molecule has 0 spiro atoms. The summed E-state index contributed by atoms with van der Waals surface area (Å²) in [7, 11) is 3.26. The zero-order valence-corrected chi connectivity index (χ0v) is 22.5. The fraction of sp³-hybridized carbons (Fsp3) is 0.464. The van der Waals surface area contributed by atoms with Crippen molar-refractivity contribution in [3.8, 4) is 11.5 Å². The Morgan fingerprint density at radius 2 is 1.81 bits per heavy atom. The van der Waals surface area contributed by atoms with Crippen molar-refractivity contribution in [1.82, 2.24) is 9.88 Å². The van der Waals surface area contributed by atoms with E-state index in [-0.39, 0.29) is 12.0 Å². The maximum absolute atomic E-state index is 15.6. The maximum Gasteiger partial charge on any atom is 0.127 e. The first-order valence-electron chi connectivity index (χ1n) is 12.3. The monoisotopic (exact) mass is 532 g/mol. The highest BCUT2D eigenvalue weighted by Crippen LogP contribution is 2.42. The van der Waals surface area contributed by atoms with Crippen LogP contribution in [0.4, 0.5) is 4.39 Å². The lowest BCUT2D eigenvalue weighted by Gasteiger charge is -2.41. The minimum absolute atomic E-state index is 0.0762. The van der Waals surface area contributed by atoms with E-state index in [1.807, 2.05) is 36.0 Å². The van der Waals surface area contributed by atoms with Gasteiger partial charge in [0.2, 0.25) is 0 Å². The van der Waals surface area contributed by atoms with Crippen LogP contribution in [0.2, 0.25) is 5.02 Å². The molecule has 4 rings (SSSR count). The number of benzene rings is 2. The molecule has 5 nitrogen and oxygen atoms in total. The number of aliphatic hydroxyl groups excluding tert-OH is 1. The highest BCUT2D eigenvalue weighted by molar-refractivity contribution is 7.99.